The van der Waals surface area contributed by atoms with Gasteiger partial charge in [-0.25, -0.2) is 0 Å². The molecule has 0 saturated heterocycles. The minimum absolute atomic E-state index is 0.0622. The fourth-order valence-electron chi connectivity index (χ4n) is 2.06. The number of anilines is 1. The van der Waals surface area contributed by atoms with Crippen LogP contribution in [-0.4, -0.2) is 23.4 Å². The van der Waals surface area contributed by atoms with Crippen molar-refractivity contribution in [2.45, 2.75) is 6.18 Å². The zero-order chi connectivity index (χ0) is 14.3. The van der Waals surface area contributed by atoms with E-state index < -0.39 is 11.7 Å². The van der Waals surface area contributed by atoms with Crippen molar-refractivity contribution < 1.29 is 22.6 Å². The second kappa shape index (κ2) is 4.32. The molecule has 0 spiro atoms. The molecule has 2 heterocycles. The first-order chi connectivity index (χ1) is 9.47. The van der Waals surface area contributed by atoms with E-state index in [2.05, 4.69) is 10.2 Å². The van der Waals surface area contributed by atoms with E-state index in [0.29, 0.717) is 6.61 Å². The van der Waals surface area contributed by atoms with Crippen molar-refractivity contribution in [1.29, 1.82) is 0 Å². The number of H-pyrrole nitrogens is 1. The molecule has 8 heteroatoms. The van der Waals surface area contributed by atoms with Gasteiger partial charge in [0.25, 0.3) is 0 Å². The van der Waals surface area contributed by atoms with Crippen LogP contribution in [0.4, 0.5) is 19.0 Å². The number of aromatic nitrogens is 2. The van der Waals surface area contributed by atoms with Gasteiger partial charge < -0.3 is 15.2 Å². The van der Waals surface area contributed by atoms with E-state index in [0.717, 1.165) is 6.07 Å². The Kier molecular flexibility index (Phi) is 2.73. The van der Waals surface area contributed by atoms with Gasteiger partial charge >= 0.3 is 6.18 Å². The largest absolute Gasteiger partial charge is 0.486 e. The number of hydrogen-bond donors (Lipinski definition) is 2. The predicted octanol–water partition coefficient (Wildman–Crippen LogP) is 2.45. The molecular weight excluding hydrogens is 275 g/mol. The zero-order valence-corrected chi connectivity index (χ0v) is 10.1. The average Bonchev–Trinajstić information content (AvgIpc) is 2.82. The van der Waals surface area contributed by atoms with Crippen LogP contribution in [0, 0.1) is 0 Å². The van der Waals surface area contributed by atoms with Crippen LogP contribution in [0.5, 0.6) is 11.5 Å². The van der Waals surface area contributed by atoms with Gasteiger partial charge in [-0.2, -0.15) is 18.3 Å². The Balaban J connectivity index is 2.23. The Hall–Kier alpha value is -2.38. The highest BCUT2D eigenvalue weighted by atomic mass is 19.4. The summed E-state index contributed by atoms with van der Waals surface area (Å²) in [6, 6.07) is 2.20. The Bertz CT molecular complexity index is 652. The molecule has 2 aromatic rings. The molecule has 0 saturated carbocycles. The van der Waals surface area contributed by atoms with Crippen LogP contribution < -0.4 is 15.2 Å². The second-order valence-electron chi connectivity index (χ2n) is 4.24. The van der Waals surface area contributed by atoms with Gasteiger partial charge in [0.2, 0.25) is 0 Å². The second-order valence-corrected chi connectivity index (χ2v) is 4.24. The molecule has 0 aliphatic carbocycles. The van der Waals surface area contributed by atoms with Crippen molar-refractivity contribution in [1.82, 2.24) is 10.2 Å². The lowest BCUT2D eigenvalue weighted by Gasteiger charge is -2.22. The Morgan fingerprint density at radius 1 is 1.10 bits per heavy atom. The standard InChI is InChI=1S/C12H10F3N3O2/c13-12(14,15)8-4-10-9(19-1-2-20-10)3-6(8)7-5-17-18-11(7)16/h3-5H,1-2H2,(H3,16,17,18). The number of nitrogen functional groups attached to an aromatic ring is 1. The summed E-state index contributed by atoms with van der Waals surface area (Å²) >= 11 is 0. The molecule has 3 rings (SSSR count). The van der Waals surface area contributed by atoms with Gasteiger partial charge in [0, 0.05) is 11.1 Å². The van der Waals surface area contributed by atoms with Gasteiger partial charge in [-0.05, 0) is 12.1 Å². The molecule has 3 N–H and O–H groups in total. The Morgan fingerprint density at radius 2 is 1.75 bits per heavy atom. The number of nitrogens with zero attached hydrogens (tertiary/aromatic N) is 1. The molecule has 0 atom stereocenters. The summed E-state index contributed by atoms with van der Waals surface area (Å²) in [6.07, 6.45) is -3.29. The fourth-order valence-corrected chi connectivity index (χ4v) is 2.06. The van der Waals surface area contributed by atoms with Crippen LogP contribution in [0.25, 0.3) is 11.1 Å². The summed E-state index contributed by atoms with van der Waals surface area (Å²) in [4.78, 5) is 0. The number of hydrogen-bond acceptors (Lipinski definition) is 4. The number of aromatic amines is 1. The van der Waals surface area contributed by atoms with Gasteiger partial charge in [0.15, 0.2) is 11.5 Å². The number of nitrogens with one attached hydrogen (secondary N) is 1. The molecule has 5 nitrogen and oxygen atoms in total. The van der Waals surface area contributed by atoms with Gasteiger partial charge in [-0.1, -0.05) is 0 Å². The maximum atomic E-state index is 13.2. The SMILES string of the molecule is Nc1[nH]ncc1-c1cc2c(cc1C(F)(F)F)OCCO2. The van der Waals surface area contributed by atoms with Crippen molar-refractivity contribution >= 4 is 5.82 Å². The first kappa shape index (κ1) is 12.6. The summed E-state index contributed by atoms with van der Waals surface area (Å²) in [7, 11) is 0. The predicted molar refractivity (Wildman–Crippen MR) is 64.4 cm³/mol. The maximum absolute atomic E-state index is 13.2. The van der Waals surface area contributed by atoms with Crippen molar-refractivity contribution in [2.75, 3.05) is 18.9 Å². The lowest BCUT2D eigenvalue weighted by molar-refractivity contribution is -0.137. The van der Waals surface area contributed by atoms with Crippen LogP contribution in [0.3, 0.4) is 0 Å². The van der Waals surface area contributed by atoms with E-state index in [-0.39, 0.29) is 35.1 Å². The molecule has 0 unspecified atom stereocenters. The van der Waals surface area contributed by atoms with E-state index in [4.69, 9.17) is 15.2 Å². The number of fused-ring (bicyclic) bond motifs is 1. The summed E-state index contributed by atoms with van der Waals surface area (Å²) in [6.45, 7) is 0.510. The minimum Gasteiger partial charge on any atom is -0.486 e. The van der Waals surface area contributed by atoms with Crippen LogP contribution >= 0.6 is 0 Å². The van der Waals surface area contributed by atoms with Crippen LogP contribution in [-0.2, 0) is 6.18 Å². The number of nitrogens with two attached hydrogens (primary N) is 1. The van der Waals surface area contributed by atoms with Crippen LogP contribution in [0.15, 0.2) is 18.3 Å². The number of halogens is 3. The first-order valence-corrected chi connectivity index (χ1v) is 5.77. The highest BCUT2D eigenvalue weighted by Crippen LogP contribution is 2.44. The smallest absolute Gasteiger partial charge is 0.417 e. The van der Waals surface area contributed by atoms with E-state index in [9.17, 15) is 13.2 Å². The lowest BCUT2D eigenvalue weighted by Crippen LogP contribution is -2.17. The topological polar surface area (TPSA) is 73.2 Å². The van der Waals surface area contributed by atoms with Gasteiger partial charge in [0.1, 0.15) is 19.0 Å². The van der Waals surface area contributed by atoms with Gasteiger partial charge in [0.05, 0.1) is 11.8 Å². The molecule has 0 bridgehead atoms. The fraction of sp³-hybridized carbons (Fsp3) is 0.250. The molecule has 1 aromatic heterocycles. The normalized spacial score (nSPS) is 14.3. The summed E-state index contributed by atoms with van der Waals surface area (Å²) in [5.74, 6) is 0.404. The molecule has 0 radical (unpaired) electrons. The lowest BCUT2D eigenvalue weighted by atomic mass is 10.00. The van der Waals surface area contributed by atoms with E-state index in [1.807, 2.05) is 0 Å². The third kappa shape index (κ3) is 2.02. The maximum Gasteiger partial charge on any atom is 0.417 e. The average molecular weight is 285 g/mol. The van der Waals surface area contributed by atoms with Crippen LogP contribution in [0.2, 0.25) is 0 Å². The van der Waals surface area contributed by atoms with Gasteiger partial charge in [-0.15, -0.1) is 0 Å². The molecular formula is C12H10F3N3O2. The molecule has 0 amide bonds. The first-order valence-electron chi connectivity index (χ1n) is 5.77. The number of alkyl halides is 3. The zero-order valence-electron chi connectivity index (χ0n) is 10.1. The number of ether oxygens (including phenoxy) is 2. The highest BCUT2D eigenvalue weighted by Gasteiger charge is 2.36. The molecule has 1 aliphatic rings. The number of rotatable bonds is 1. The minimum atomic E-state index is -4.53. The van der Waals surface area contributed by atoms with Crippen molar-refractivity contribution in [2.24, 2.45) is 0 Å². The molecule has 0 fully saturated rings. The van der Waals surface area contributed by atoms with Crippen molar-refractivity contribution in [3.63, 3.8) is 0 Å². The molecule has 1 aromatic carbocycles. The monoisotopic (exact) mass is 285 g/mol. The van der Waals surface area contributed by atoms with Gasteiger partial charge in [-0.3, -0.25) is 5.10 Å². The van der Waals surface area contributed by atoms with E-state index in [1.165, 1.54) is 12.3 Å². The number of benzene rings is 1. The third-order valence-electron chi connectivity index (χ3n) is 2.95. The van der Waals surface area contributed by atoms with Crippen LogP contribution in [0.1, 0.15) is 5.56 Å². The Labute approximate surface area is 111 Å². The van der Waals surface area contributed by atoms with Crippen molar-refractivity contribution in [3.8, 4) is 22.6 Å². The van der Waals surface area contributed by atoms with E-state index in [1.54, 1.807) is 0 Å². The summed E-state index contributed by atoms with van der Waals surface area (Å²) < 4.78 is 50.0. The Morgan fingerprint density at radius 3 is 2.30 bits per heavy atom. The quantitative estimate of drug-likeness (QED) is 0.844. The third-order valence-corrected chi connectivity index (χ3v) is 2.95. The molecule has 20 heavy (non-hydrogen) atoms. The van der Waals surface area contributed by atoms with E-state index >= 15 is 0 Å². The highest BCUT2D eigenvalue weighted by molar-refractivity contribution is 5.78. The van der Waals surface area contributed by atoms with Crippen molar-refractivity contribution in [3.05, 3.63) is 23.9 Å². The molecule has 106 valence electrons. The molecule has 1 aliphatic heterocycles. The summed E-state index contributed by atoms with van der Waals surface area (Å²) in [5, 5.41) is 6.06. The summed E-state index contributed by atoms with van der Waals surface area (Å²) in [5.41, 5.74) is 4.85.